The lowest BCUT2D eigenvalue weighted by Gasteiger charge is -2.04. The highest BCUT2D eigenvalue weighted by atomic mass is 16.6. The number of ether oxygens (including phenoxy) is 1. The van der Waals surface area contributed by atoms with Crippen molar-refractivity contribution in [1.29, 1.82) is 0 Å². The van der Waals surface area contributed by atoms with Gasteiger partial charge in [0, 0.05) is 22.8 Å². The van der Waals surface area contributed by atoms with Crippen LogP contribution in [-0.4, -0.2) is 29.1 Å². The second-order valence-electron chi connectivity index (χ2n) is 6.13. The van der Waals surface area contributed by atoms with Crippen molar-refractivity contribution in [1.82, 2.24) is 0 Å². The summed E-state index contributed by atoms with van der Waals surface area (Å²) in [6.45, 7) is 0. The summed E-state index contributed by atoms with van der Waals surface area (Å²) in [7, 11) is 1.33. The number of methoxy groups -OCH3 is 1. The quantitative estimate of drug-likeness (QED) is 0.330. The zero-order valence-corrected chi connectivity index (χ0v) is 14.9. The van der Waals surface area contributed by atoms with Crippen LogP contribution in [0.3, 0.4) is 0 Å². The van der Waals surface area contributed by atoms with Crippen LogP contribution in [0.15, 0.2) is 70.9 Å². The zero-order valence-electron chi connectivity index (χ0n) is 14.9. The third-order valence-electron chi connectivity index (χ3n) is 4.51. The Kier molecular flexibility index (Phi) is 4.33. The molecule has 138 valence electrons. The molecule has 0 fully saturated rings. The highest BCUT2D eigenvalue weighted by molar-refractivity contribution is 6.24. The Morgan fingerprint density at radius 2 is 1.57 bits per heavy atom. The minimum Gasteiger partial charge on any atom is -0.500 e. The van der Waals surface area contributed by atoms with Crippen molar-refractivity contribution >= 4 is 17.6 Å². The third kappa shape index (κ3) is 2.88. The fraction of sp³-hybridized carbons (Fsp3) is 0.0476. The Morgan fingerprint density at radius 3 is 2.11 bits per heavy atom. The first-order valence-corrected chi connectivity index (χ1v) is 8.45. The Balaban J connectivity index is 1.75. The van der Waals surface area contributed by atoms with Crippen molar-refractivity contribution in [2.75, 3.05) is 7.11 Å². The molecule has 4 rings (SSSR count). The summed E-state index contributed by atoms with van der Waals surface area (Å²) in [4.78, 5) is 10.4. The van der Waals surface area contributed by atoms with Gasteiger partial charge in [-0.25, -0.2) is 0 Å². The minimum atomic E-state index is -0.676. The standard InChI is InChI=1S/C21H15N3O4/c1-28-19-11-13(10-18(21(19)25)24(26)27)12-22-23-20-16-8-4-2-6-14(16)15-7-3-5-9-17(15)20/h2-12,25H,1H3/b22-12-. The van der Waals surface area contributed by atoms with Gasteiger partial charge in [0.15, 0.2) is 5.75 Å². The molecule has 0 aromatic heterocycles. The van der Waals surface area contributed by atoms with Gasteiger partial charge in [0.05, 0.1) is 18.2 Å². The largest absolute Gasteiger partial charge is 0.500 e. The molecule has 0 amide bonds. The van der Waals surface area contributed by atoms with Crippen molar-refractivity contribution in [3.63, 3.8) is 0 Å². The number of benzene rings is 3. The smallest absolute Gasteiger partial charge is 0.315 e. The molecule has 0 atom stereocenters. The van der Waals surface area contributed by atoms with Gasteiger partial charge in [0.25, 0.3) is 0 Å². The molecule has 3 aromatic carbocycles. The van der Waals surface area contributed by atoms with E-state index in [0.717, 1.165) is 28.0 Å². The molecule has 0 aliphatic heterocycles. The van der Waals surface area contributed by atoms with Gasteiger partial charge < -0.3 is 9.84 Å². The average Bonchev–Trinajstić information content (AvgIpc) is 3.03. The molecule has 0 unspecified atom stereocenters. The third-order valence-corrected chi connectivity index (χ3v) is 4.51. The van der Waals surface area contributed by atoms with Crippen LogP contribution >= 0.6 is 0 Å². The number of rotatable bonds is 4. The van der Waals surface area contributed by atoms with Crippen LogP contribution in [0.25, 0.3) is 11.1 Å². The molecule has 1 aliphatic carbocycles. The summed E-state index contributed by atoms with van der Waals surface area (Å²) in [5, 5.41) is 29.5. The second kappa shape index (κ2) is 6.96. The molecule has 0 spiro atoms. The fourth-order valence-electron chi connectivity index (χ4n) is 3.24. The molecule has 0 saturated carbocycles. The second-order valence-corrected chi connectivity index (χ2v) is 6.13. The van der Waals surface area contributed by atoms with E-state index in [2.05, 4.69) is 10.2 Å². The van der Waals surface area contributed by atoms with Crippen LogP contribution in [0.1, 0.15) is 16.7 Å². The number of hydrogen-bond donors (Lipinski definition) is 1. The van der Waals surface area contributed by atoms with Crippen LogP contribution in [0.4, 0.5) is 5.69 Å². The van der Waals surface area contributed by atoms with Crippen LogP contribution in [0.5, 0.6) is 11.5 Å². The molecular formula is C21H15N3O4. The van der Waals surface area contributed by atoms with Crippen LogP contribution < -0.4 is 4.74 Å². The first-order valence-electron chi connectivity index (χ1n) is 8.45. The normalized spacial score (nSPS) is 12.0. The van der Waals surface area contributed by atoms with Gasteiger partial charge in [-0.05, 0) is 17.2 Å². The maximum Gasteiger partial charge on any atom is 0.315 e. The highest BCUT2D eigenvalue weighted by Gasteiger charge is 2.24. The Hall–Kier alpha value is -4.00. The van der Waals surface area contributed by atoms with E-state index >= 15 is 0 Å². The first kappa shape index (κ1) is 17.4. The SMILES string of the molecule is COc1cc(/C=N\N=C2c3ccccc3-c3ccccc32)cc([N+](=O)[O-])c1O. The molecule has 0 saturated heterocycles. The molecule has 0 heterocycles. The first-order chi connectivity index (χ1) is 13.6. The Labute approximate surface area is 160 Å². The molecule has 7 nitrogen and oxygen atoms in total. The lowest BCUT2D eigenvalue weighted by Crippen LogP contribution is -1.97. The summed E-state index contributed by atoms with van der Waals surface area (Å²) in [6.07, 6.45) is 1.39. The lowest BCUT2D eigenvalue weighted by molar-refractivity contribution is -0.386. The molecule has 1 aliphatic rings. The van der Waals surface area contributed by atoms with E-state index in [0.29, 0.717) is 5.56 Å². The topological polar surface area (TPSA) is 97.3 Å². The average molecular weight is 373 g/mol. The number of nitro groups is 1. The van der Waals surface area contributed by atoms with Gasteiger partial charge in [-0.2, -0.15) is 5.10 Å². The van der Waals surface area contributed by atoms with Crippen molar-refractivity contribution in [3.05, 3.63) is 87.5 Å². The van der Waals surface area contributed by atoms with E-state index in [9.17, 15) is 15.2 Å². The number of fused-ring (bicyclic) bond motifs is 3. The summed E-state index contributed by atoms with van der Waals surface area (Å²) in [5.41, 5.74) is 4.83. The summed E-state index contributed by atoms with van der Waals surface area (Å²) >= 11 is 0. The molecule has 28 heavy (non-hydrogen) atoms. The molecule has 7 heteroatoms. The van der Waals surface area contributed by atoms with E-state index in [-0.39, 0.29) is 5.75 Å². The molecule has 0 bridgehead atoms. The van der Waals surface area contributed by atoms with Crippen molar-refractivity contribution < 1.29 is 14.8 Å². The summed E-state index contributed by atoms with van der Waals surface area (Å²) in [6, 6.07) is 18.6. The number of aromatic hydroxyl groups is 1. The number of nitro benzene ring substituents is 1. The molecular weight excluding hydrogens is 358 g/mol. The van der Waals surface area contributed by atoms with Gasteiger partial charge in [0.1, 0.15) is 5.71 Å². The molecule has 0 radical (unpaired) electrons. The fourth-order valence-corrected chi connectivity index (χ4v) is 3.24. The van der Waals surface area contributed by atoms with Gasteiger partial charge >= 0.3 is 5.69 Å². The van der Waals surface area contributed by atoms with Crippen LogP contribution in [0.2, 0.25) is 0 Å². The van der Waals surface area contributed by atoms with Crippen LogP contribution in [0, 0.1) is 10.1 Å². The number of phenolic OH excluding ortho intramolecular Hbond substituents is 1. The maximum absolute atomic E-state index is 11.1. The van der Waals surface area contributed by atoms with E-state index in [1.165, 1.54) is 25.5 Å². The maximum atomic E-state index is 11.1. The van der Waals surface area contributed by atoms with E-state index in [1.54, 1.807) is 0 Å². The number of nitrogens with zero attached hydrogens (tertiary/aromatic N) is 3. The number of hydrogen-bond acceptors (Lipinski definition) is 6. The van der Waals surface area contributed by atoms with Gasteiger partial charge in [0.2, 0.25) is 5.75 Å². The van der Waals surface area contributed by atoms with Gasteiger partial charge in [-0.1, -0.05) is 48.5 Å². The Bertz CT molecular complexity index is 1100. The Morgan fingerprint density at radius 1 is 1.00 bits per heavy atom. The predicted octanol–water partition coefficient (Wildman–Crippen LogP) is 4.16. The lowest BCUT2D eigenvalue weighted by atomic mass is 10.1. The molecule has 3 aromatic rings. The highest BCUT2D eigenvalue weighted by Crippen LogP contribution is 2.37. The van der Waals surface area contributed by atoms with E-state index in [1.807, 2.05) is 48.5 Å². The van der Waals surface area contributed by atoms with Gasteiger partial charge in [-0.3, -0.25) is 10.1 Å². The minimum absolute atomic E-state index is 0.000129. The van der Waals surface area contributed by atoms with E-state index in [4.69, 9.17) is 4.74 Å². The summed E-state index contributed by atoms with van der Waals surface area (Å²) in [5.74, 6) is -0.519. The summed E-state index contributed by atoms with van der Waals surface area (Å²) < 4.78 is 5.00. The van der Waals surface area contributed by atoms with Crippen molar-refractivity contribution in [3.8, 4) is 22.6 Å². The zero-order chi connectivity index (χ0) is 19.7. The number of phenols is 1. The monoisotopic (exact) mass is 373 g/mol. The predicted molar refractivity (Wildman–Crippen MR) is 106 cm³/mol. The molecule has 1 N–H and O–H groups in total. The van der Waals surface area contributed by atoms with Gasteiger partial charge in [-0.15, -0.1) is 5.10 Å². The van der Waals surface area contributed by atoms with E-state index < -0.39 is 16.4 Å². The van der Waals surface area contributed by atoms with Crippen LogP contribution in [-0.2, 0) is 0 Å². The van der Waals surface area contributed by atoms with Crippen molar-refractivity contribution in [2.24, 2.45) is 10.2 Å². The van der Waals surface area contributed by atoms with Crippen molar-refractivity contribution in [2.45, 2.75) is 0 Å².